The van der Waals surface area contributed by atoms with Crippen molar-refractivity contribution in [2.24, 2.45) is 0 Å². The molecule has 0 saturated heterocycles. The van der Waals surface area contributed by atoms with E-state index in [4.69, 9.17) is 9.47 Å². The van der Waals surface area contributed by atoms with E-state index in [1.165, 1.54) is 11.3 Å². The van der Waals surface area contributed by atoms with E-state index in [0.29, 0.717) is 0 Å². The molecule has 0 unspecified atom stereocenters. The Bertz CT molecular complexity index is 334. The lowest BCUT2D eigenvalue weighted by Crippen LogP contribution is -2.22. The standard InChI is InChI=1S/C15H25NO2S/c1-3-4-11-18-12-9-16-10-13-19-15-8-6-5-7-14(15)17-2/h5-8,16H,3-4,9-13H2,1-2H3. The number of hydrogen-bond donors (Lipinski definition) is 1. The van der Waals surface area contributed by atoms with Crippen LogP contribution in [0.4, 0.5) is 0 Å². The van der Waals surface area contributed by atoms with Crippen molar-refractivity contribution in [1.82, 2.24) is 5.32 Å². The number of methoxy groups -OCH3 is 1. The van der Waals surface area contributed by atoms with Crippen molar-refractivity contribution >= 4 is 11.8 Å². The molecule has 0 atom stereocenters. The Morgan fingerprint density at radius 2 is 2.00 bits per heavy atom. The minimum Gasteiger partial charge on any atom is -0.496 e. The van der Waals surface area contributed by atoms with E-state index in [9.17, 15) is 0 Å². The number of hydrogen-bond acceptors (Lipinski definition) is 4. The third-order valence-electron chi connectivity index (χ3n) is 2.67. The van der Waals surface area contributed by atoms with Crippen LogP contribution in [0.1, 0.15) is 19.8 Å². The second-order valence-electron chi connectivity index (χ2n) is 4.22. The van der Waals surface area contributed by atoms with Crippen LogP contribution in [0.15, 0.2) is 29.2 Å². The highest BCUT2D eigenvalue weighted by atomic mass is 32.2. The van der Waals surface area contributed by atoms with E-state index in [1.807, 2.05) is 30.0 Å². The SMILES string of the molecule is CCCCOCCNCCSc1ccccc1OC. The summed E-state index contributed by atoms with van der Waals surface area (Å²) in [5, 5.41) is 3.38. The van der Waals surface area contributed by atoms with Crippen LogP contribution >= 0.6 is 11.8 Å². The molecule has 0 spiro atoms. The minimum atomic E-state index is 0.805. The fourth-order valence-corrected chi connectivity index (χ4v) is 2.52. The maximum atomic E-state index is 5.49. The zero-order chi connectivity index (χ0) is 13.8. The number of ether oxygens (including phenoxy) is 2. The number of thioether (sulfide) groups is 1. The van der Waals surface area contributed by atoms with Crippen LogP contribution in [0.2, 0.25) is 0 Å². The van der Waals surface area contributed by atoms with Crippen LogP contribution in [-0.4, -0.2) is 39.2 Å². The van der Waals surface area contributed by atoms with Gasteiger partial charge in [0.15, 0.2) is 0 Å². The molecule has 0 radical (unpaired) electrons. The zero-order valence-corrected chi connectivity index (χ0v) is 12.8. The van der Waals surface area contributed by atoms with Gasteiger partial charge in [-0.3, -0.25) is 0 Å². The van der Waals surface area contributed by atoms with Gasteiger partial charge in [-0.25, -0.2) is 0 Å². The second-order valence-corrected chi connectivity index (χ2v) is 5.35. The molecular weight excluding hydrogens is 258 g/mol. The molecular formula is C15H25NO2S. The van der Waals surface area contributed by atoms with Gasteiger partial charge in [0.25, 0.3) is 0 Å². The Kier molecular flexibility index (Phi) is 9.59. The first kappa shape index (κ1) is 16.3. The number of unbranched alkanes of at least 4 members (excludes halogenated alkanes) is 1. The van der Waals surface area contributed by atoms with Crippen molar-refractivity contribution in [3.05, 3.63) is 24.3 Å². The van der Waals surface area contributed by atoms with Crippen LogP contribution < -0.4 is 10.1 Å². The van der Waals surface area contributed by atoms with Crippen molar-refractivity contribution in [2.75, 3.05) is 39.2 Å². The van der Waals surface area contributed by atoms with Crippen molar-refractivity contribution in [2.45, 2.75) is 24.7 Å². The minimum absolute atomic E-state index is 0.805. The Balaban J connectivity index is 2.01. The molecule has 1 N–H and O–H groups in total. The molecule has 1 aromatic rings. The van der Waals surface area contributed by atoms with Crippen molar-refractivity contribution in [1.29, 1.82) is 0 Å². The van der Waals surface area contributed by atoms with Gasteiger partial charge in [0.2, 0.25) is 0 Å². The molecule has 0 heterocycles. The molecule has 4 heteroatoms. The molecule has 0 fully saturated rings. The topological polar surface area (TPSA) is 30.5 Å². The monoisotopic (exact) mass is 283 g/mol. The lowest BCUT2D eigenvalue weighted by Gasteiger charge is -2.08. The Labute approximate surface area is 121 Å². The Hall–Kier alpha value is -0.710. The second kappa shape index (κ2) is 11.1. The van der Waals surface area contributed by atoms with Crippen molar-refractivity contribution in [3.63, 3.8) is 0 Å². The zero-order valence-electron chi connectivity index (χ0n) is 12.0. The van der Waals surface area contributed by atoms with E-state index >= 15 is 0 Å². The quantitative estimate of drug-likeness (QED) is 0.499. The molecule has 0 bridgehead atoms. The summed E-state index contributed by atoms with van der Waals surface area (Å²) in [6.45, 7) is 5.78. The van der Waals surface area contributed by atoms with E-state index in [-0.39, 0.29) is 0 Å². The van der Waals surface area contributed by atoms with Gasteiger partial charge in [0.1, 0.15) is 5.75 Å². The van der Waals surface area contributed by atoms with Gasteiger partial charge in [-0.15, -0.1) is 11.8 Å². The average molecular weight is 283 g/mol. The molecule has 1 aromatic carbocycles. The predicted molar refractivity (Wildman–Crippen MR) is 82.3 cm³/mol. The third-order valence-corrected chi connectivity index (χ3v) is 3.73. The summed E-state index contributed by atoms with van der Waals surface area (Å²) < 4.78 is 10.8. The Morgan fingerprint density at radius 1 is 1.16 bits per heavy atom. The molecule has 19 heavy (non-hydrogen) atoms. The van der Waals surface area contributed by atoms with Gasteiger partial charge in [-0.1, -0.05) is 25.5 Å². The van der Waals surface area contributed by atoms with E-state index in [0.717, 1.165) is 44.2 Å². The lowest BCUT2D eigenvalue weighted by molar-refractivity contribution is 0.133. The lowest BCUT2D eigenvalue weighted by atomic mass is 10.3. The predicted octanol–water partition coefficient (Wildman–Crippen LogP) is 3.19. The van der Waals surface area contributed by atoms with Crippen LogP contribution in [0.25, 0.3) is 0 Å². The highest BCUT2D eigenvalue weighted by Crippen LogP contribution is 2.27. The molecule has 0 aliphatic rings. The van der Waals surface area contributed by atoms with Crippen molar-refractivity contribution < 1.29 is 9.47 Å². The molecule has 0 aliphatic heterocycles. The van der Waals surface area contributed by atoms with E-state index in [1.54, 1.807) is 7.11 Å². The smallest absolute Gasteiger partial charge is 0.132 e. The molecule has 0 saturated carbocycles. The summed E-state index contributed by atoms with van der Waals surface area (Å²) in [5.41, 5.74) is 0. The fraction of sp³-hybridized carbons (Fsp3) is 0.600. The Morgan fingerprint density at radius 3 is 2.79 bits per heavy atom. The van der Waals surface area contributed by atoms with Crippen LogP contribution in [0, 0.1) is 0 Å². The molecule has 108 valence electrons. The number of nitrogens with one attached hydrogen (secondary N) is 1. The summed E-state index contributed by atoms with van der Waals surface area (Å²) in [6.07, 6.45) is 2.35. The first-order valence-corrected chi connectivity index (χ1v) is 7.91. The molecule has 0 amide bonds. The van der Waals surface area contributed by atoms with Crippen LogP contribution in [0.5, 0.6) is 5.75 Å². The number of rotatable bonds is 11. The maximum Gasteiger partial charge on any atom is 0.132 e. The summed E-state index contributed by atoms with van der Waals surface area (Å²) in [7, 11) is 1.71. The van der Waals surface area contributed by atoms with Crippen LogP contribution in [-0.2, 0) is 4.74 Å². The first-order valence-electron chi connectivity index (χ1n) is 6.92. The average Bonchev–Trinajstić information content (AvgIpc) is 2.46. The number of benzene rings is 1. The number of para-hydroxylation sites is 1. The van der Waals surface area contributed by atoms with E-state index < -0.39 is 0 Å². The fourth-order valence-electron chi connectivity index (χ4n) is 1.59. The molecule has 3 nitrogen and oxygen atoms in total. The van der Waals surface area contributed by atoms with Gasteiger partial charge in [-0.05, 0) is 18.6 Å². The molecule has 0 aromatic heterocycles. The normalized spacial score (nSPS) is 10.6. The maximum absolute atomic E-state index is 5.49. The summed E-state index contributed by atoms with van der Waals surface area (Å²) in [6, 6.07) is 8.13. The van der Waals surface area contributed by atoms with Crippen molar-refractivity contribution in [3.8, 4) is 5.75 Å². The van der Waals surface area contributed by atoms with Gasteiger partial charge in [0.05, 0.1) is 13.7 Å². The van der Waals surface area contributed by atoms with E-state index in [2.05, 4.69) is 18.3 Å². The summed E-state index contributed by atoms with van der Waals surface area (Å²) in [5.74, 6) is 1.99. The van der Waals surface area contributed by atoms with Gasteiger partial charge >= 0.3 is 0 Å². The van der Waals surface area contributed by atoms with Gasteiger partial charge in [0, 0.05) is 30.3 Å². The summed E-state index contributed by atoms with van der Waals surface area (Å²) in [4.78, 5) is 1.20. The largest absolute Gasteiger partial charge is 0.496 e. The summed E-state index contributed by atoms with van der Waals surface area (Å²) >= 11 is 1.82. The molecule has 0 aliphatic carbocycles. The highest BCUT2D eigenvalue weighted by molar-refractivity contribution is 7.99. The first-order chi connectivity index (χ1) is 9.38. The molecule has 1 rings (SSSR count). The van der Waals surface area contributed by atoms with Gasteiger partial charge in [-0.2, -0.15) is 0 Å². The van der Waals surface area contributed by atoms with Gasteiger partial charge < -0.3 is 14.8 Å². The van der Waals surface area contributed by atoms with Crippen LogP contribution in [0.3, 0.4) is 0 Å². The third kappa shape index (κ3) is 7.45. The highest BCUT2D eigenvalue weighted by Gasteiger charge is 2.01.